The maximum atomic E-state index is 6.11. The van der Waals surface area contributed by atoms with Crippen LogP contribution in [-0.4, -0.2) is 19.6 Å². The first-order valence-corrected chi connectivity index (χ1v) is 13.0. The molecule has 0 aliphatic carbocycles. The fourth-order valence-corrected chi connectivity index (χ4v) is 5.16. The summed E-state index contributed by atoms with van der Waals surface area (Å²) < 4.78 is 8.12. The first kappa shape index (κ1) is 24.2. The number of hydrogen-bond donors (Lipinski definition) is 1. The zero-order valence-corrected chi connectivity index (χ0v) is 22.1. The molecule has 1 saturated heterocycles. The molecule has 0 unspecified atom stereocenters. The zero-order chi connectivity index (χ0) is 26.1. The van der Waals surface area contributed by atoms with Gasteiger partial charge in [-0.25, -0.2) is 4.98 Å². The van der Waals surface area contributed by atoms with E-state index in [0.717, 1.165) is 34.4 Å². The lowest BCUT2D eigenvalue weighted by atomic mass is 10.0. The van der Waals surface area contributed by atoms with E-state index in [9.17, 15) is 0 Å². The summed E-state index contributed by atoms with van der Waals surface area (Å²) in [5.74, 6) is 2.32. The first-order valence-electron chi connectivity index (χ1n) is 12.2. The molecule has 5 aromatic rings. The van der Waals surface area contributed by atoms with Gasteiger partial charge in [-0.2, -0.15) is 0 Å². The van der Waals surface area contributed by atoms with Crippen molar-refractivity contribution >= 4 is 34.6 Å². The van der Waals surface area contributed by atoms with Crippen LogP contribution in [0, 0.1) is 6.92 Å². The molecule has 4 heterocycles. The minimum Gasteiger partial charge on any atom is -0.457 e. The summed E-state index contributed by atoms with van der Waals surface area (Å²) in [6.45, 7) is 2.06. The Morgan fingerprint density at radius 2 is 1.63 bits per heavy atom. The van der Waals surface area contributed by atoms with Crippen LogP contribution in [0.3, 0.4) is 0 Å². The van der Waals surface area contributed by atoms with E-state index in [2.05, 4.69) is 37.7 Å². The highest BCUT2D eigenvalue weighted by Gasteiger charge is 2.42. The Morgan fingerprint density at radius 3 is 2.32 bits per heavy atom. The molecule has 6 rings (SSSR count). The molecule has 0 spiro atoms. The average molecular weight is 538 g/mol. The zero-order valence-electron chi connectivity index (χ0n) is 20.5. The van der Waals surface area contributed by atoms with Gasteiger partial charge in [0, 0.05) is 30.0 Å². The number of ether oxygens (including phenoxy) is 1. The number of thiocarbonyl (C=S) groups is 1. The largest absolute Gasteiger partial charge is 0.457 e. The summed E-state index contributed by atoms with van der Waals surface area (Å²) in [5.41, 5.74) is 4.05. The fraction of sp³-hybridized carbons (Fsp3) is 0.100. The fourth-order valence-electron chi connectivity index (χ4n) is 4.70. The van der Waals surface area contributed by atoms with Crippen LogP contribution in [0.2, 0.25) is 5.02 Å². The molecule has 38 heavy (non-hydrogen) atoms. The predicted molar refractivity (Wildman–Crippen MR) is 154 cm³/mol. The molecule has 0 radical (unpaired) electrons. The number of pyridine rings is 2. The second kappa shape index (κ2) is 10.3. The quantitative estimate of drug-likeness (QED) is 0.231. The normalized spacial score (nSPS) is 16.9. The van der Waals surface area contributed by atoms with Gasteiger partial charge in [-0.05, 0) is 91.9 Å². The summed E-state index contributed by atoms with van der Waals surface area (Å²) in [7, 11) is 0. The van der Waals surface area contributed by atoms with Crippen LogP contribution in [-0.2, 0) is 0 Å². The highest BCUT2D eigenvalue weighted by molar-refractivity contribution is 7.80. The van der Waals surface area contributed by atoms with Crippen LogP contribution in [0.25, 0.3) is 5.82 Å². The number of benzene rings is 2. The minimum atomic E-state index is -0.186. The van der Waals surface area contributed by atoms with Crippen LogP contribution in [0.4, 0.5) is 5.69 Å². The van der Waals surface area contributed by atoms with Gasteiger partial charge in [0.1, 0.15) is 23.4 Å². The van der Waals surface area contributed by atoms with Crippen molar-refractivity contribution in [1.29, 1.82) is 0 Å². The van der Waals surface area contributed by atoms with Crippen molar-refractivity contribution in [3.63, 3.8) is 0 Å². The third-order valence-electron chi connectivity index (χ3n) is 6.51. The monoisotopic (exact) mass is 537 g/mol. The van der Waals surface area contributed by atoms with Gasteiger partial charge in [0.25, 0.3) is 0 Å². The van der Waals surface area contributed by atoms with E-state index in [1.165, 1.54) is 5.56 Å². The van der Waals surface area contributed by atoms with E-state index in [0.29, 0.717) is 10.1 Å². The van der Waals surface area contributed by atoms with Crippen molar-refractivity contribution in [2.75, 3.05) is 4.90 Å². The Kier molecular flexibility index (Phi) is 6.54. The summed E-state index contributed by atoms with van der Waals surface area (Å²) in [6.07, 6.45) is 5.45. The molecule has 0 amide bonds. The number of rotatable bonds is 6. The van der Waals surface area contributed by atoms with Gasteiger partial charge in [-0.15, -0.1) is 0 Å². The van der Waals surface area contributed by atoms with Crippen molar-refractivity contribution < 1.29 is 4.74 Å². The second-order valence-electron chi connectivity index (χ2n) is 9.04. The van der Waals surface area contributed by atoms with Crippen molar-refractivity contribution in [3.8, 4) is 17.3 Å². The highest BCUT2D eigenvalue weighted by atomic mass is 35.5. The van der Waals surface area contributed by atoms with Gasteiger partial charge in [0.05, 0.1) is 16.8 Å². The lowest BCUT2D eigenvalue weighted by Gasteiger charge is -2.29. The lowest BCUT2D eigenvalue weighted by Crippen LogP contribution is -2.30. The molecule has 2 aromatic carbocycles. The van der Waals surface area contributed by atoms with Crippen molar-refractivity contribution in [3.05, 3.63) is 132 Å². The second-order valence-corrected chi connectivity index (χ2v) is 9.87. The average Bonchev–Trinajstić information content (AvgIpc) is 3.56. The van der Waals surface area contributed by atoms with Crippen LogP contribution in [0.5, 0.6) is 11.5 Å². The summed E-state index contributed by atoms with van der Waals surface area (Å²) >= 11 is 12.0. The molecule has 1 N–H and O–H groups in total. The van der Waals surface area contributed by atoms with Crippen LogP contribution in [0.1, 0.15) is 29.0 Å². The van der Waals surface area contributed by atoms with Crippen molar-refractivity contribution in [1.82, 2.24) is 19.9 Å². The topological polar surface area (TPSA) is 55.2 Å². The van der Waals surface area contributed by atoms with Gasteiger partial charge in [0.15, 0.2) is 5.11 Å². The van der Waals surface area contributed by atoms with E-state index in [-0.39, 0.29) is 12.1 Å². The Labute approximate surface area is 231 Å². The van der Waals surface area contributed by atoms with Crippen LogP contribution in [0.15, 0.2) is 110 Å². The molecule has 0 saturated carbocycles. The van der Waals surface area contributed by atoms with Gasteiger partial charge in [0.2, 0.25) is 0 Å². The molecule has 1 aliphatic heterocycles. The Morgan fingerprint density at radius 1 is 0.868 bits per heavy atom. The summed E-state index contributed by atoms with van der Waals surface area (Å²) in [5, 5.41) is 4.72. The molecule has 1 fully saturated rings. The van der Waals surface area contributed by atoms with Crippen molar-refractivity contribution in [2.45, 2.75) is 19.0 Å². The van der Waals surface area contributed by atoms with Gasteiger partial charge < -0.3 is 19.5 Å². The molecular weight excluding hydrogens is 514 g/mol. The maximum absolute atomic E-state index is 6.11. The molecule has 3 aromatic heterocycles. The van der Waals surface area contributed by atoms with Crippen LogP contribution >= 0.6 is 23.8 Å². The minimum absolute atomic E-state index is 0.173. The standard InChI is InChI=1S/C30H24ClN5OS/c1-20-7-12-23(13-8-20)37-24-14-10-22(11-15-24)36-29(28(34-30(36)38)25-5-2-3-17-32-25)26-6-4-18-35(26)27-16-9-21(31)19-33-27/h2-19,28-29H,1H3,(H,34,38)/t28-,29-/m0/s1. The predicted octanol–water partition coefficient (Wildman–Crippen LogP) is 7.20. The van der Waals surface area contributed by atoms with E-state index < -0.39 is 0 Å². The first-order chi connectivity index (χ1) is 18.6. The number of aryl methyl sites for hydroxylation is 1. The van der Waals surface area contributed by atoms with E-state index in [1.807, 2.05) is 91.1 Å². The number of nitrogens with zero attached hydrogens (tertiary/aromatic N) is 4. The molecule has 2 atom stereocenters. The van der Waals surface area contributed by atoms with E-state index in [4.69, 9.17) is 28.6 Å². The third kappa shape index (κ3) is 4.74. The Hall–Kier alpha value is -4.20. The molecule has 6 nitrogen and oxygen atoms in total. The number of halogens is 1. The molecule has 188 valence electrons. The number of aromatic nitrogens is 3. The third-order valence-corrected chi connectivity index (χ3v) is 7.05. The van der Waals surface area contributed by atoms with Gasteiger partial charge in [-0.1, -0.05) is 35.4 Å². The smallest absolute Gasteiger partial charge is 0.174 e. The lowest BCUT2D eigenvalue weighted by molar-refractivity contribution is 0.482. The van der Waals surface area contributed by atoms with Gasteiger partial charge in [-0.3, -0.25) is 4.98 Å². The molecule has 0 bridgehead atoms. The number of anilines is 1. The van der Waals surface area contributed by atoms with Crippen LogP contribution < -0.4 is 15.0 Å². The molecule has 8 heteroatoms. The highest BCUT2D eigenvalue weighted by Crippen LogP contribution is 2.42. The van der Waals surface area contributed by atoms with E-state index >= 15 is 0 Å². The van der Waals surface area contributed by atoms with E-state index in [1.54, 1.807) is 12.4 Å². The summed E-state index contributed by atoms with van der Waals surface area (Å²) in [4.78, 5) is 11.3. The molecular formula is C30H24ClN5OS. The summed E-state index contributed by atoms with van der Waals surface area (Å²) in [6, 6.07) is 29.4. The molecule has 1 aliphatic rings. The van der Waals surface area contributed by atoms with Gasteiger partial charge >= 0.3 is 0 Å². The van der Waals surface area contributed by atoms with Crippen molar-refractivity contribution in [2.24, 2.45) is 0 Å². The Bertz CT molecular complexity index is 1550. The number of hydrogen-bond acceptors (Lipinski definition) is 4. The Balaban J connectivity index is 1.38. The SMILES string of the molecule is Cc1ccc(Oc2ccc(N3C(=S)N[C@@H](c4ccccn4)[C@@H]3c3cccn3-c3ccc(Cl)cn3)cc2)cc1. The number of nitrogens with one attached hydrogen (secondary N) is 1. The maximum Gasteiger partial charge on any atom is 0.174 e.